The van der Waals surface area contributed by atoms with E-state index in [9.17, 15) is 8.42 Å². The Morgan fingerprint density at radius 1 is 0.372 bits per heavy atom. The van der Waals surface area contributed by atoms with Crippen molar-refractivity contribution in [2.45, 2.75) is 9.79 Å². The second-order valence-corrected chi connectivity index (χ2v) is 12.2. The van der Waals surface area contributed by atoms with Crippen LogP contribution in [0.25, 0.3) is 0 Å². The van der Waals surface area contributed by atoms with Gasteiger partial charge in [0.05, 0.1) is 32.5 Å². The third-order valence-corrected chi connectivity index (χ3v) is 9.46. The van der Waals surface area contributed by atoms with Gasteiger partial charge in [0.25, 0.3) is 0 Å². The molecule has 0 amide bonds. The summed E-state index contributed by atoms with van der Waals surface area (Å²) in [6.07, 6.45) is 0. The summed E-state index contributed by atoms with van der Waals surface area (Å²) in [4.78, 5) is 4.61. The van der Waals surface area contributed by atoms with Crippen LogP contribution in [0.3, 0.4) is 0 Å². The van der Waals surface area contributed by atoms with E-state index in [0.29, 0.717) is 0 Å². The van der Waals surface area contributed by atoms with Gasteiger partial charge in [-0.1, -0.05) is 48.5 Å². The second kappa shape index (κ2) is 9.79. The molecule has 6 aromatic carbocycles. The number of fused-ring (bicyclic) bond motifs is 4. The Kier molecular flexibility index (Phi) is 5.74. The first-order valence-corrected chi connectivity index (χ1v) is 15.3. The third-order valence-electron chi connectivity index (χ3n) is 7.67. The standard InChI is InChI=1S/C36H24N2O4S/c39-43(40,27-21-17-25(18-22-27)37-29-9-1-5-13-33(29)41-34-14-6-2-10-30(34)37)28-23-19-26(20-24-28)38-31-11-3-7-15-35(31)42-36-16-8-4-12-32(36)38/h1-24H. The van der Waals surface area contributed by atoms with Gasteiger partial charge in [0.15, 0.2) is 23.0 Å². The van der Waals surface area contributed by atoms with Crippen LogP contribution in [0, 0.1) is 0 Å². The summed E-state index contributed by atoms with van der Waals surface area (Å²) < 4.78 is 39.7. The van der Waals surface area contributed by atoms with Crippen molar-refractivity contribution in [3.8, 4) is 23.0 Å². The van der Waals surface area contributed by atoms with E-state index in [1.807, 2.05) is 121 Å². The van der Waals surface area contributed by atoms with Crippen LogP contribution in [-0.2, 0) is 9.84 Å². The summed E-state index contributed by atoms with van der Waals surface area (Å²) >= 11 is 0. The van der Waals surface area contributed by atoms with Gasteiger partial charge in [-0.2, -0.15) is 0 Å². The minimum absolute atomic E-state index is 0.223. The van der Waals surface area contributed by atoms with E-state index in [1.54, 1.807) is 24.3 Å². The molecule has 2 aliphatic rings. The maximum atomic E-state index is 13.7. The zero-order valence-electron chi connectivity index (χ0n) is 22.8. The maximum Gasteiger partial charge on any atom is 0.206 e. The SMILES string of the molecule is O=S(=O)(c1ccc(N2c3ccccc3Oc3ccccc32)cc1)c1ccc(N2c3ccccc3Oc3ccccc32)cc1. The average Bonchev–Trinajstić information content (AvgIpc) is 3.06. The molecule has 8 rings (SSSR count). The molecule has 6 nitrogen and oxygen atoms in total. The number of sulfone groups is 1. The molecular weight excluding hydrogens is 556 g/mol. The molecular formula is C36H24N2O4S. The lowest BCUT2D eigenvalue weighted by atomic mass is 10.1. The summed E-state index contributed by atoms with van der Waals surface area (Å²) in [6.45, 7) is 0. The van der Waals surface area contributed by atoms with Crippen molar-refractivity contribution in [1.29, 1.82) is 0 Å². The molecule has 0 aromatic heterocycles. The van der Waals surface area contributed by atoms with E-state index in [1.165, 1.54) is 0 Å². The van der Waals surface area contributed by atoms with Crippen molar-refractivity contribution in [3.05, 3.63) is 146 Å². The number of hydrogen-bond acceptors (Lipinski definition) is 6. The van der Waals surface area contributed by atoms with Gasteiger partial charge in [-0.3, -0.25) is 0 Å². The summed E-state index contributed by atoms with van der Waals surface area (Å²) in [6, 6.07) is 45.2. The number of nitrogens with zero attached hydrogens (tertiary/aromatic N) is 2. The predicted octanol–water partition coefficient (Wildman–Crippen LogP) is 9.67. The second-order valence-electron chi connectivity index (χ2n) is 10.2. The summed E-state index contributed by atoms with van der Waals surface area (Å²) in [5, 5.41) is 0. The monoisotopic (exact) mass is 580 g/mol. The molecule has 208 valence electrons. The number of hydrogen-bond donors (Lipinski definition) is 0. The fourth-order valence-electron chi connectivity index (χ4n) is 5.65. The Hall–Kier alpha value is -5.53. The molecule has 0 N–H and O–H groups in total. The van der Waals surface area contributed by atoms with Gasteiger partial charge >= 0.3 is 0 Å². The summed E-state index contributed by atoms with van der Waals surface area (Å²) in [5.74, 6) is 2.96. The predicted molar refractivity (Wildman–Crippen MR) is 168 cm³/mol. The fraction of sp³-hybridized carbons (Fsp3) is 0. The van der Waals surface area contributed by atoms with Crippen LogP contribution < -0.4 is 19.3 Å². The largest absolute Gasteiger partial charge is 0.453 e. The Morgan fingerprint density at radius 2 is 0.651 bits per heavy atom. The van der Waals surface area contributed by atoms with Gasteiger partial charge in [0.2, 0.25) is 9.84 Å². The van der Waals surface area contributed by atoms with Gasteiger partial charge in [0, 0.05) is 11.4 Å². The highest BCUT2D eigenvalue weighted by atomic mass is 32.2. The van der Waals surface area contributed by atoms with E-state index < -0.39 is 9.84 Å². The van der Waals surface area contributed by atoms with Crippen LogP contribution in [0.2, 0.25) is 0 Å². The van der Waals surface area contributed by atoms with Crippen LogP contribution in [0.4, 0.5) is 34.1 Å². The summed E-state index contributed by atoms with van der Waals surface area (Å²) in [5.41, 5.74) is 5.22. The lowest BCUT2D eigenvalue weighted by molar-refractivity contribution is 0.477. The first-order valence-electron chi connectivity index (χ1n) is 13.9. The van der Waals surface area contributed by atoms with Crippen LogP contribution in [0.15, 0.2) is 155 Å². The molecule has 2 heterocycles. The van der Waals surface area contributed by atoms with Crippen molar-refractivity contribution in [3.63, 3.8) is 0 Å². The van der Waals surface area contributed by atoms with Gasteiger partial charge in [0.1, 0.15) is 0 Å². The van der Waals surface area contributed by atoms with Crippen LogP contribution in [-0.4, -0.2) is 8.42 Å². The normalized spacial score (nSPS) is 13.1. The Bertz CT molecular complexity index is 1870. The van der Waals surface area contributed by atoms with Crippen molar-refractivity contribution in [1.82, 2.24) is 0 Å². The number of ether oxygens (including phenoxy) is 2. The zero-order valence-corrected chi connectivity index (χ0v) is 23.6. The first-order chi connectivity index (χ1) is 21.1. The minimum Gasteiger partial charge on any atom is -0.453 e. The third kappa shape index (κ3) is 4.13. The molecule has 0 fully saturated rings. The number of rotatable bonds is 4. The molecule has 0 spiro atoms. The highest BCUT2D eigenvalue weighted by Gasteiger charge is 2.28. The first kappa shape index (κ1) is 25.2. The summed E-state index contributed by atoms with van der Waals surface area (Å²) in [7, 11) is -3.76. The quantitative estimate of drug-likeness (QED) is 0.207. The topological polar surface area (TPSA) is 59.1 Å². The van der Waals surface area contributed by atoms with Crippen molar-refractivity contribution in [2.75, 3.05) is 9.80 Å². The smallest absolute Gasteiger partial charge is 0.206 e. The highest BCUT2D eigenvalue weighted by molar-refractivity contribution is 7.91. The molecule has 0 radical (unpaired) electrons. The molecule has 0 bridgehead atoms. The molecule has 43 heavy (non-hydrogen) atoms. The van der Waals surface area contributed by atoms with Gasteiger partial charge < -0.3 is 19.3 Å². The van der Waals surface area contributed by atoms with E-state index in [2.05, 4.69) is 9.80 Å². The number of para-hydroxylation sites is 8. The van der Waals surface area contributed by atoms with Gasteiger partial charge in [-0.25, -0.2) is 8.42 Å². The zero-order chi connectivity index (χ0) is 29.0. The Balaban J connectivity index is 1.13. The molecule has 0 atom stereocenters. The van der Waals surface area contributed by atoms with Crippen LogP contribution in [0.1, 0.15) is 0 Å². The minimum atomic E-state index is -3.76. The molecule has 0 unspecified atom stereocenters. The Labute approximate surface area is 249 Å². The highest BCUT2D eigenvalue weighted by Crippen LogP contribution is 2.51. The number of anilines is 6. The van der Waals surface area contributed by atoms with Crippen molar-refractivity contribution in [2.24, 2.45) is 0 Å². The van der Waals surface area contributed by atoms with Crippen LogP contribution in [0.5, 0.6) is 23.0 Å². The van der Waals surface area contributed by atoms with Crippen molar-refractivity contribution >= 4 is 44.0 Å². The van der Waals surface area contributed by atoms with E-state index in [0.717, 1.165) is 57.1 Å². The molecule has 7 heteroatoms. The van der Waals surface area contributed by atoms with Crippen LogP contribution >= 0.6 is 0 Å². The lowest BCUT2D eigenvalue weighted by Crippen LogP contribution is -2.16. The lowest BCUT2D eigenvalue weighted by Gasteiger charge is -2.33. The molecule has 0 aliphatic carbocycles. The molecule has 6 aromatic rings. The van der Waals surface area contributed by atoms with Gasteiger partial charge in [-0.05, 0) is 97.1 Å². The van der Waals surface area contributed by atoms with E-state index >= 15 is 0 Å². The van der Waals surface area contributed by atoms with Gasteiger partial charge in [-0.15, -0.1) is 0 Å². The fourth-order valence-corrected chi connectivity index (χ4v) is 6.91. The maximum absolute atomic E-state index is 13.7. The molecule has 0 saturated carbocycles. The number of benzene rings is 6. The van der Waals surface area contributed by atoms with Crippen molar-refractivity contribution < 1.29 is 17.9 Å². The van der Waals surface area contributed by atoms with E-state index in [-0.39, 0.29) is 9.79 Å². The van der Waals surface area contributed by atoms with E-state index in [4.69, 9.17) is 9.47 Å². The Morgan fingerprint density at radius 3 is 0.953 bits per heavy atom. The molecule has 2 aliphatic heterocycles. The molecule has 0 saturated heterocycles. The average molecular weight is 581 g/mol.